The van der Waals surface area contributed by atoms with Crippen molar-refractivity contribution < 1.29 is 27.6 Å². The number of nitrogens with zero attached hydrogens (tertiary/aromatic N) is 1. The lowest BCUT2D eigenvalue weighted by Crippen LogP contribution is -2.44. The summed E-state index contributed by atoms with van der Waals surface area (Å²) in [4.78, 5) is 20.0. The molecule has 1 atom stereocenters. The van der Waals surface area contributed by atoms with Crippen LogP contribution >= 0.6 is 0 Å². The molecule has 0 aliphatic rings. The second-order valence-electron chi connectivity index (χ2n) is 4.55. The topological polar surface area (TPSA) is 127 Å². The van der Waals surface area contributed by atoms with E-state index in [2.05, 4.69) is 0 Å². The zero-order chi connectivity index (χ0) is 16.4. The number of halogens is 1. The number of hydrogen-bond donors (Lipinski definition) is 2. The Bertz CT molecular complexity index is 673. The Morgan fingerprint density at radius 3 is 2.43 bits per heavy atom. The summed E-state index contributed by atoms with van der Waals surface area (Å²) in [5, 5.41) is 19.8. The molecule has 0 fully saturated rings. The maximum absolute atomic E-state index is 13.0. The SMILES string of the molecule is CC(C)C(NS(=O)(=O)c1ccc(F)cc1[N+](=O)[O-])C(=O)O. The van der Waals surface area contributed by atoms with Crippen molar-refractivity contribution in [2.24, 2.45) is 5.92 Å². The highest BCUT2D eigenvalue weighted by atomic mass is 32.2. The lowest BCUT2D eigenvalue weighted by atomic mass is 10.1. The molecule has 21 heavy (non-hydrogen) atoms. The first kappa shape index (κ1) is 17.0. The van der Waals surface area contributed by atoms with Gasteiger partial charge in [0, 0.05) is 0 Å². The summed E-state index contributed by atoms with van der Waals surface area (Å²) in [6.45, 7) is 2.95. The highest BCUT2D eigenvalue weighted by molar-refractivity contribution is 7.89. The van der Waals surface area contributed by atoms with Crippen molar-refractivity contribution in [3.8, 4) is 0 Å². The molecule has 0 aliphatic heterocycles. The second kappa shape index (κ2) is 6.14. The predicted molar refractivity (Wildman–Crippen MR) is 69.6 cm³/mol. The van der Waals surface area contributed by atoms with Gasteiger partial charge in [0.1, 0.15) is 11.9 Å². The molecule has 0 saturated carbocycles. The maximum atomic E-state index is 13.0. The Hall–Kier alpha value is -2.07. The van der Waals surface area contributed by atoms with E-state index in [1.807, 2.05) is 4.72 Å². The number of sulfonamides is 1. The monoisotopic (exact) mass is 320 g/mol. The normalized spacial score (nSPS) is 13.1. The minimum atomic E-state index is -4.48. The summed E-state index contributed by atoms with van der Waals surface area (Å²) in [7, 11) is -4.48. The zero-order valence-corrected chi connectivity index (χ0v) is 11.9. The number of benzene rings is 1. The van der Waals surface area contributed by atoms with Gasteiger partial charge in [-0.2, -0.15) is 4.72 Å². The average molecular weight is 320 g/mol. The zero-order valence-electron chi connectivity index (χ0n) is 11.1. The Labute approximate surface area is 119 Å². The molecule has 10 heteroatoms. The van der Waals surface area contributed by atoms with E-state index in [4.69, 9.17) is 5.11 Å². The van der Waals surface area contributed by atoms with Crippen molar-refractivity contribution in [3.63, 3.8) is 0 Å². The van der Waals surface area contributed by atoms with Crippen molar-refractivity contribution >= 4 is 21.7 Å². The molecule has 1 aromatic carbocycles. The third-order valence-electron chi connectivity index (χ3n) is 2.62. The van der Waals surface area contributed by atoms with Crippen LogP contribution in [-0.2, 0) is 14.8 Å². The molecule has 0 aromatic heterocycles. The molecule has 0 amide bonds. The molecule has 0 aliphatic carbocycles. The maximum Gasteiger partial charge on any atom is 0.322 e. The molecule has 1 aromatic rings. The lowest BCUT2D eigenvalue weighted by molar-refractivity contribution is -0.388. The number of rotatable bonds is 6. The van der Waals surface area contributed by atoms with Gasteiger partial charge in [-0.3, -0.25) is 14.9 Å². The van der Waals surface area contributed by atoms with Crippen LogP contribution in [0, 0.1) is 21.8 Å². The fourth-order valence-electron chi connectivity index (χ4n) is 1.56. The van der Waals surface area contributed by atoms with E-state index in [0.717, 1.165) is 12.1 Å². The number of nitro benzene ring substituents is 1. The molecular formula is C11H13FN2O6S. The minimum absolute atomic E-state index is 0.458. The van der Waals surface area contributed by atoms with Gasteiger partial charge in [0.2, 0.25) is 10.0 Å². The number of aliphatic carboxylic acids is 1. The van der Waals surface area contributed by atoms with Crippen molar-refractivity contribution in [3.05, 3.63) is 34.1 Å². The first-order valence-corrected chi connectivity index (χ1v) is 7.23. The smallest absolute Gasteiger partial charge is 0.322 e. The largest absolute Gasteiger partial charge is 0.480 e. The molecular weight excluding hydrogens is 307 g/mol. The summed E-state index contributed by atoms with van der Waals surface area (Å²) in [5.41, 5.74) is -0.963. The van der Waals surface area contributed by atoms with Crippen molar-refractivity contribution in [1.82, 2.24) is 4.72 Å². The Morgan fingerprint density at radius 1 is 1.43 bits per heavy atom. The van der Waals surface area contributed by atoms with Gasteiger partial charge in [0.15, 0.2) is 4.90 Å². The summed E-state index contributed by atoms with van der Waals surface area (Å²) in [6, 6.07) is 0.459. The number of carbonyl (C=O) groups is 1. The van der Waals surface area contributed by atoms with Gasteiger partial charge in [0.05, 0.1) is 11.0 Å². The number of hydrogen-bond acceptors (Lipinski definition) is 5. The molecule has 8 nitrogen and oxygen atoms in total. The summed E-state index contributed by atoms with van der Waals surface area (Å²) >= 11 is 0. The predicted octanol–water partition coefficient (Wildman–Crippen LogP) is 1.12. The highest BCUT2D eigenvalue weighted by Gasteiger charge is 2.32. The average Bonchev–Trinajstić information content (AvgIpc) is 2.34. The van der Waals surface area contributed by atoms with E-state index in [-0.39, 0.29) is 0 Å². The third-order valence-corrected chi connectivity index (χ3v) is 4.11. The van der Waals surface area contributed by atoms with E-state index < -0.39 is 49.3 Å². The van der Waals surface area contributed by atoms with Crippen molar-refractivity contribution in [2.75, 3.05) is 0 Å². The molecule has 0 spiro atoms. The number of carboxylic acids is 1. The van der Waals surface area contributed by atoms with Crippen molar-refractivity contribution in [1.29, 1.82) is 0 Å². The molecule has 0 bridgehead atoms. The van der Waals surface area contributed by atoms with E-state index in [1.54, 1.807) is 0 Å². The summed E-state index contributed by atoms with van der Waals surface area (Å²) in [5.74, 6) is -2.98. The second-order valence-corrected chi connectivity index (χ2v) is 6.23. The van der Waals surface area contributed by atoms with Gasteiger partial charge >= 0.3 is 5.97 Å². The molecule has 1 rings (SSSR count). The lowest BCUT2D eigenvalue weighted by Gasteiger charge is -2.17. The van der Waals surface area contributed by atoms with Gasteiger partial charge in [-0.1, -0.05) is 13.8 Å². The first-order valence-electron chi connectivity index (χ1n) is 5.75. The van der Waals surface area contributed by atoms with Gasteiger partial charge in [-0.25, -0.2) is 12.8 Å². The van der Waals surface area contributed by atoms with Gasteiger partial charge in [0.25, 0.3) is 5.69 Å². The highest BCUT2D eigenvalue weighted by Crippen LogP contribution is 2.25. The van der Waals surface area contributed by atoms with Gasteiger partial charge < -0.3 is 5.11 Å². The standard InChI is InChI=1S/C11H13FN2O6S/c1-6(2)10(11(15)16)13-21(19,20)9-4-3-7(12)5-8(9)14(17)18/h3-6,10,13H,1-2H3,(H,15,16). The first-order chi connectivity index (χ1) is 9.56. The summed E-state index contributed by atoms with van der Waals surface area (Å²) < 4.78 is 39.0. The molecule has 0 radical (unpaired) electrons. The molecule has 2 N–H and O–H groups in total. The Kier molecular flexibility index (Phi) is 4.97. The minimum Gasteiger partial charge on any atom is -0.480 e. The van der Waals surface area contributed by atoms with E-state index in [1.165, 1.54) is 13.8 Å². The quantitative estimate of drug-likeness (QED) is 0.597. The molecule has 0 heterocycles. The van der Waals surface area contributed by atoms with E-state index in [9.17, 15) is 27.7 Å². The van der Waals surface area contributed by atoms with Crippen LogP contribution < -0.4 is 4.72 Å². The number of nitro groups is 1. The molecule has 0 saturated heterocycles. The number of carboxylic acid groups (broad SMARTS) is 1. The van der Waals surface area contributed by atoms with Crippen LogP contribution in [0.4, 0.5) is 10.1 Å². The number of nitrogens with one attached hydrogen (secondary N) is 1. The third kappa shape index (κ3) is 3.95. The van der Waals surface area contributed by atoms with Crippen LogP contribution in [0.15, 0.2) is 23.1 Å². The fourth-order valence-corrected chi connectivity index (χ4v) is 3.05. The molecule has 1 unspecified atom stereocenters. The van der Waals surface area contributed by atoms with Crippen molar-refractivity contribution in [2.45, 2.75) is 24.8 Å². The van der Waals surface area contributed by atoms with Crippen LogP contribution in [0.1, 0.15) is 13.8 Å². The van der Waals surface area contributed by atoms with Crippen LogP contribution in [-0.4, -0.2) is 30.5 Å². The summed E-state index contributed by atoms with van der Waals surface area (Å²) in [6.07, 6.45) is 0. The fraction of sp³-hybridized carbons (Fsp3) is 0.364. The van der Waals surface area contributed by atoms with Crippen LogP contribution in [0.3, 0.4) is 0 Å². The molecule has 116 valence electrons. The Morgan fingerprint density at radius 2 is 2.00 bits per heavy atom. The van der Waals surface area contributed by atoms with E-state index >= 15 is 0 Å². The van der Waals surface area contributed by atoms with Crippen LogP contribution in [0.2, 0.25) is 0 Å². The van der Waals surface area contributed by atoms with E-state index in [0.29, 0.717) is 6.07 Å². The van der Waals surface area contributed by atoms with Crippen LogP contribution in [0.5, 0.6) is 0 Å². The van der Waals surface area contributed by atoms with Crippen LogP contribution in [0.25, 0.3) is 0 Å². The van der Waals surface area contributed by atoms with Gasteiger partial charge in [-0.15, -0.1) is 0 Å². The Balaban J connectivity index is 3.32. The van der Waals surface area contributed by atoms with Gasteiger partial charge in [-0.05, 0) is 18.1 Å².